The Labute approximate surface area is 197 Å². The zero-order chi connectivity index (χ0) is 23.3. The first-order valence-electron chi connectivity index (χ1n) is 11.0. The van der Waals surface area contributed by atoms with Crippen LogP contribution in [0.4, 0.5) is 4.79 Å². The van der Waals surface area contributed by atoms with Crippen molar-refractivity contribution >= 4 is 35.2 Å². The summed E-state index contributed by atoms with van der Waals surface area (Å²) in [5.41, 5.74) is 1.27. The predicted octanol–water partition coefficient (Wildman–Crippen LogP) is 4.98. The third-order valence-electron chi connectivity index (χ3n) is 6.28. The molecule has 2 heterocycles. The zero-order valence-electron chi connectivity index (χ0n) is 18.8. The second-order valence-corrected chi connectivity index (χ2v) is 11.0. The Kier molecular flexibility index (Phi) is 8.41. The van der Waals surface area contributed by atoms with E-state index in [0.29, 0.717) is 16.6 Å². The molecule has 0 aromatic carbocycles. The normalized spacial score (nSPS) is 23.1. The number of carboxylic acid groups (broad SMARTS) is 1. The van der Waals surface area contributed by atoms with E-state index in [1.165, 1.54) is 34.1 Å². The van der Waals surface area contributed by atoms with E-state index < -0.39 is 12.1 Å². The molecule has 2 fully saturated rings. The number of ether oxygens (including phenoxy) is 1. The summed E-state index contributed by atoms with van der Waals surface area (Å²) in [5.74, 6) is -0.465. The highest BCUT2D eigenvalue weighted by Gasteiger charge is 2.42. The molecule has 1 saturated carbocycles. The molecular weight excluding hydrogens is 448 g/mol. The highest BCUT2D eigenvalue weighted by molar-refractivity contribution is 8.01. The van der Waals surface area contributed by atoms with Gasteiger partial charge in [0.05, 0.1) is 12.1 Å². The van der Waals surface area contributed by atoms with Gasteiger partial charge in [-0.3, -0.25) is 4.90 Å². The Morgan fingerprint density at radius 3 is 2.81 bits per heavy atom. The van der Waals surface area contributed by atoms with E-state index >= 15 is 0 Å². The summed E-state index contributed by atoms with van der Waals surface area (Å²) in [5, 5.41) is 21.4. The first kappa shape index (κ1) is 24.8. The number of amides is 1. The summed E-state index contributed by atoms with van der Waals surface area (Å²) < 4.78 is 6.08. The Bertz CT molecular complexity index is 873. The molecule has 1 aliphatic heterocycles. The van der Waals surface area contributed by atoms with Crippen molar-refractivity contribution in [1.29, 1.82) is 0 Å². The van der Waals surface area contributed by atoms with Gasteiger partial charge in [-0.05, 0) is 46.5 Å². The summed E-state index contributed by atoms with van der Waals surface area (Å²) >= 11 is 2.70. The number of carboxylic acids is 1. The first-order valence-corrected chi connectivity index (χ1v) is 12.9. The lowest BCUT2D eigenvalue weighted by molar-refractivity contribution is -0.0119. The molecule has 0 bridgehead atoms. The minimum atomic E-state index is -1.04. The Balaban J connectivity index is 1.58. The number of thiazole rings is 1. The molecule has 2 N–H and O–H groups in total. The second-order valence-electron chi connectivity index (χ2n) is 8.79. The number of carbonyl (C=O) groups excluding carboxylic acids is 1. The summed E-state index contributed by atoms with van der Waals surface area (Å²) in [6.45, 7) is 6.50. The molecule has 3 unspecified atom stereocenters. The fourth-order valence-corrected chi connectivity index (χ4v) is 6.03. The topological polar surface area (TPSA) is 100.0 Å². The predicted molar refractivity (Wildman–Crippen MR) is 126 cm³/mol. The van der Waals surface area contributed by atoms with Crippen molar-refractivity contribution in [2.24, 2.45) is 5.41 Å². The maximum Gasteiger partial charge on any atom is 0.410 e. The smallest absolute Gasteiger partial charge is 0.410 e. The van der Waals surface area contributed by atoms with Crippen LogP contribution in [0.5, 0.6) is 0 Å². The molecule has 1 saturated heterocycles. The van der Waals surface area contributed by atoms with E-state index in [2.05, 4.69) is 24.9 Å². The summed E-state index contributed by atoms with van der Waals surface area (Å²) in [7, 11) is 0. The number of aromatic nitrogens is 1. The SMILES string of the molecule is CC(C)=CCCC1(C(O)C=CC2C(C)OC(=O)N2CCSc2nc(C(=O)O)cs2)CCC1. The van der Waals surface area contributed by atoms with Crippen molar-refractivity contribution in [3.05, 3.63) is 34.9 Å². The van der Waals surface area contributed by atoms with Gasteiger partial charge in [0.2, 0.25) is 0 Å². The van der Waals surface area contributed by atoms with Crippen molar-refractivity contribution in [1.82, 2.24) is 9.88 Å². The van der Waals surface area contributed by atoms with Gasteiger partial charge >= 0.3 is 12.1 Å². The average Bonchev–Trinajstić information content (AvgIpc) is 3.27. The number of nitrogens with zero attached hydrogens (tertiary/aromatic N) is 2. The molecule has 3 rings (SSSR count). The van der Waals surface area contributed by atoms with Gasteiger partial charge in [0.25, 0.3) is 0 Å². The minimum absolute atomic E-state index is 0.0380. The van der Waals surface area contributed by atoms with Crippen molar-refractivity contribution in [3.63, 3.8) is 0 Å². The highest BCUT2D eigenvalue weighted by Crippen LogP contribution is 2.48. The van der Waals surface area contributed by atoms with Crippen LogP contribution in [0.3, 0.4) is 0 Å². The summed E-state index contributed by atoms with van der Waals surface area (Å²) in [6.07, 6.45) is 9.92. The quantitative estimate of drug-likeness (QED) is 0.340. The maximum atomic E-state index is 12.3. The molecule has 176 valence electrons. The van der Waals surface area contributed by atoms with Gasteiger partial charge in [-0.1, -0.05) is 42.0 Å². The number of hydrogen-bond donors (Lipinski definition) is 2. The number of aliphatic hydroxyl groups is 1. The van der Waals surface area contributed by atoms with Gasteiger partial charge in [-0.15, -0.1) is 11.3 Å². The highest BCUT2D eigenvalue weighted by atomic mass is 32.2. The third-order valence-corrected chi connectivity index (χ3v) is 8.29. The van der Waals surface area contributed by atoms with Gasteiger partial charge in [0, 0.05) is 23.1 Å². The molecule has 0 radical (unpaired) electrons. The van der Waals surface area contributed by atoms with Gasteiger partial charge in [-0.2, -0.15) is 0 Å². The number of rotatable bonds is 11. The molecule has 1 aromatic heterocycles. The van der Waals surface area contributed by atoms with E-state index in [9.17, 15) is 14.7 Å². The van der Waals surface area contributed by atoms with Crippen molar-refractivity contribution in [3.8, 4) is 0 Å². The van der Waals surface area contributed by atoms with Crippen LogP contribution in [0, 0.1) is 5.41 Å². The summed E-state index contributed by atoms with van der Waals surface area (Å²) in [6, 6.07) is -0.237. The number of hydrogen-bond acceptors (Lipinski definition) is 7. The maximum absolute atomic E-state index is 12.3. The molecular formula is C23H32N2O5S2. The third kappa shape index (κ3) is 5.94. The second kappa shape index (κ2) is 10.9. The van der Waals surface area contributed by atoms with Crippen LogP contribution < -0.4 is 0 Å². The van der Waals surface area contributed by atoms with E-state index in [1.54, 1.807) is 4.90 Å². The number of aromatic carboxylic acids is 1. The van der Waals surface area contributed by atoms with Crippen molar-refractivity contribution < 1.29 is 24.5 Å². The van der Waals surface area contributed by atoms with Crippen LogP contribution in [-0.2, 0) is 4.74 Å². The summed E-state index contributed by atoms with van der Waals surface area (Å²) in [4.78, 5) is 29.0. The fourth-order valence-electron chi connectivity index (χ4n) is 4.22. The molecule has 1 aromatic rings. The monoisotopic (exact) mass is 480 g/mol. The molecule has 7 nitrogen and oxygen atoms in total. The van der Waals surface area contributed by atoms with Crippen LogP contribution in [0.15, 0.2) is 33.5 Å². The van der Waals surface area contributed by atoms with Crippen LogP contribution >= 0.6 is 23.1 Å². The van der Waals surface area contributed by atoms with E-state index in [1.807, 2.05) is 19.1 Å². The molecule has 9 heteroatoms. The van der Waals surface area contributed by atoms with Gasteiger partial charge in [-0.25, -0.2) is 14.6 Å². The van der Waals surface area contributed by atoms with Crippen molar-refractivity contribution in [2.75, 3.05) is 12.3 Å². The Morgan fingerprint density at radius 2 is 2.22 bits per heavy atom. The first-order chi connectivity index (χ1) is 15.2. The molecule has 3 atom stereocenters. The number of aliphatic hydroxyl groups excluding tert-OH is 1. The van der Waals surface area contributed by atoms with Crippen LogP contribution in [0.1, 0.15) is 63.4 Å². The van der Waals surface area contributed by atoms with Crippen LogP contribution in [-0.4, -0.2) is 62.7 Å². The standard InChI is InChI=1S/C23H32N2O5S2/c1-15(2)6-4-9-23(10-5-11-23)19(26)8-7-18-16(3)30-22(29)25(18)12-13-31-21-24-17(14-32-21)20(27)28/h6-8,14,16,18-19,26H,4-5,9-13H2,1-3H3,(H,27,28). The van der Waals surface area contributed by atoms with Crippen LogP contribution in [0.25, 0.3) is 0 Å². The average molecular weight is 481 g/mol. The van der Waals surface area contributed by atoms with E-state index in [4.69, 9.17) is 9.84 Å². The van der Waals surface area contributed by atoms with Gasteiger partial charge in [0.15, 0.2) is 10.0 Å². The molecule has 1 amide bonds. The Morgan fingerprint density at radius 1 is 1.47 bits per heavy atom. The van der Waals surface area contributed by atoms with Crippen molar-refractivity contribution in [2.45, 2.75) is 75.5 Å². The molecule has 0 spiro atoms. The fraction of sp³-hybridized carbons (Fsp3) is 0.609. The number of thioether (sulfide) groups is 1. The van der Waals surface area contributed by atoms with E-state index in [-0.39, 0.29) is 29.3 Å². The zero-order valence-corrected chi connectivity index (χ0v) is 20.5. The number of allylic oxidation sites excluding steroid dienone is 2. The van der Waals surface area contributed by atoms with Gasteiger partial charge in [0.1, 0.15) is 6.10 Å². The van der Waals surface area contributed by atoms with Crippen LogP contribution in [0.2, 0.25) is 0 Å². The number of cyclic esters (lactones) is 1. The molecule has 2 aliphatic rings. The molecule has 32 heavy (non-hydrogen) atoms. The largest absolute Gasteiger partial charge is 0.476 e. The lowest BCUT2D eigenvalue weighted by Gasteiger charge is -2.45. The Hall–Kier alpha value is -1.84. The van der Waals surface area contributed by atoms with E-state index in [0.717, 1.165) is 32.1 Å². The minimum Gasteiger partial charge on any atom is -0.476 e. The van der Waals surface area contributed by atoms with Gasteiger partial charge < -0.3 is 14.9 Å². The lowest BCUT2D eigenvalue weighted by Crippen LogP contribution is -2.41. The molecule has 1 aliphatic carbocycles. The lowest BCUT2D eigenvalue weighted by atomic mass is 9.62. The number of carbonyl (C=O) groups is 2.